The highest BCUT2D eigenvalue weighted by atomic mass is 16.6. The van der Waals surface area contributed by atoms with Crippen molar-refractivity contribution in [3.63, 3.8) is 0 Å². The Labute approximate surface area is 194 Å². The van der Waals surface area contributed by atoms with Crippen molar-refractivity contribution in [2.75, 3.05) is 10.7 Å². The molecule has 0 aromatic heterocycles. The molecule has 0 saturated heterocycles. The molecule has 0 heterocycles. The molecule has 4 rings (SSSR count). The molecular weight excluding hydrogens is 442 g/mol. The number of hydrogen-bond donors (Lipinski definition) is 2. The summed E-state index contributed by atoms with van der Waals surface area (Å²) in [4.78, 5) is 48.4. The van der Waals surface area contributed by atoms with E-state index in [1.807, 2.05) is 20.8 Å². The summed E-state index contributed by atoms with van der Waals surface area (Å²) in [6.45, 7) is 5.56. The van der Waals surface area contributed by atoms with Gasteiger partial charge in [0.2, 0.25) is 5.91 Å². The highest BCUT2D eigenvalue weighted by molar-refractivity contribution is 6.51. The van der Waals surface area contributed by atoms with Crippen molar-refractivity contribution >= 4 is 40.2 Å². The minimum absolute atomic E-state index is 0.0264. The first-order valence-electron chi connectivity index (χ1n) is 10.6. The summed E-state index contributed by atoms with van der Waals surface area (Å²) in [6.07, 6.45) is 0.815. The summed E-state index contributed by atoms with van der Waals surface area (Å²) in [5, 5.41) is 29.2. The zero-order valence-electron chi connectivity index (χ0n) is 18.8. The van der Waals surface area contributed by atoms with Crippen LogP contribution in [-0.4, -0.2) is 27.2 Å². The van der Waals surface area contributed by atoms with E-state index in [1.165, 1.54) is 42.5 Å². The molecule has 2 atom stereocenters. The van der Waals surface area contributed by atoms with Crippen LogP contribution in [0.25, 0.3) is 0 Å². The van der Waals surface area contributed by atoms with Gasteiger partial charge in [0, 0.05) is 23.6 Å². The van der Waals surface area contributed by atoms with Crippen LogP contribution in [0.3, 0.4) is 0 Å². The summed E-state index contributed by atoms with van der Waals surface area (Å²) in [6, 6.07) is 11.4. The first kappa shape index (κ1) is 23.0. The van der Waals surface area contributed by atoms with E-state index in [9.17, 15) is 29.8 Å². The van der Waals surface area contributed by atoms with Gasteiger partial charge in [0.25, 0.3) is 11.4 Å². The predicted molar refractivity (Wildman–Crippen MR) is 124 cm³/mol. The summed E-state index contributed by atoms with van der Waals surface area (Å²) < 4.78 is 0. The predicted octanol–water partition coefficient (Wildman–Crippen LogP) is 4.31. The van der Waals surface area contributed by atoms with Crippen LogP contribution in [0.4, 0.5) is 22.7 Å². The number of nitrogens with one attached hydrogen (secondary N) is 2. The van der Waals surface area contributed by atoms with Crippen LogP contribution < -0.4 is 10.7 Å². The molecule has 2 aliphatic carbocycles. The Morgan fingerprint density at radius 1 is 0.971 bits per heavy atom. The second kappa shape index (κ2) is 7.72. The molecule has 2 fully saturated rings. The molecule has 2 N–H and O–H groups in total. The number of carbonyl (C=O) groups excluding carboxylic acids is 2. The fourth-order valence-electron chi connectivity index (χ4n) is 5.22. The van der Waals surface area contributed by atoms with Gasteiger partial charge in [-0.1, -0.05) is 32.9 Å². The van der Waals surface area contributed by atoms with Gasteiger partial charge in [-0.25, -0.2) is 0 Å². The van der Waals surface area contributed by atoms with Gasteiger partial charge in [0.1, 0.15) is 16.8 Å². The molecule has 0 spiro atoms. The minimum Gasteiger partial charge on any atom is -0.319 e. The summed E-state index contributed by atoms with van der Waals surface area (Å²) in [7, 11) is 0. The molecule has 176 valence electrons. The van der Waals surface area contributed by atoms with Crippen LogP contribution in [0.15, 0.2) is 53.6 Å². The van der Waals surface area contributed by atoms with Crippen molar-refractivity contribution in [2.24, 2.45) is 21.3 Å². The van der Waals surface area contributed by atoms with E-state index in [-0.39, 0.29) is 22.8 Å². The molecule has 34 heavy (non-hydrogen) atoms. The number of hydrogen-bond acceptors (Lipinski definition) is 8. The lowest BCUT2D eigenvalue weighted by molar-refractivity contribution is -0.384. The number of rotatable bonds is 6. The third kappa shape index (κ3) is 3.07. The van der Waals surface area contributed by atoms with Crippen LogP contribution in [0.1, 0.15) is 33.6 Å². The van der Waals surface area contributed by atoms with Gasteiger partial charge in [-0.2, -0.15) is 5.10 Å². The molecule has 0 radical (unpaired) electrons. The van der Waals surface area contributed by atoms with E-state index < -0.39 is 37.8 Å². The van der Waals surface area contributed by atoms with Crippen LogP contribution >= 0.6 is 0 Å². The Balaban J connectivity index is 1.67. The van der Waals surface area contributed by atoms with Crippen molar-refractivity contribution < 1.29 is 19.4 Å². The Morgan fingerprint density at radius 2 is 1.62 bits per heavy atom. The maximum Gasteiger partial charge on any atom is 0.292 e. The quantitative estimate of drug-likeness (QED) is 0.366. The zero-order valence-corrected chi connectivity index (χ0v) is 18.8. The number of benzene rings is 2. The third-order valence-corrected chi connectivity index (χ3v) is 7.68. The van der Waals surface area contributed by atoms with Crippen molar-refractivity contribution in [3.05, 3.63) is 68.8 Å². The van der Waals surface area contributed by atoms with E-state index in [1.54, 1.807) is 6.07 Å². The number of Topliss-reactive ketones (excluding diaryl/α,β-unsaturated/α-hetero) is 1. The van der Waals surface area contributed by atoms with Crippen molar-refractivity contribution in [2.45, 2.75) is 33.6 Å². The summed E-state index contributed by atoms with van der Waals surface area (Å²) in [5.74, 6) is -1.03. The average Bonchev–Trinajstić information content (AvgIpc) is 3.07. The maximum atomic E-state index is 13.7. The normalized spacial score (nSPS) is 25.9. The van der Waals surface area contributed by atoms with Crippen LogP contribution in [-0.2, 0) is 9.59 Å². The van der Waals surface area contributed by atoms with Crippen molar-refractivity contribution in [1.82, 2.24) is 0 Å². The first-order chi connectivity index (χ1) is 16.0. The van der Waals surface area contributed by atoms with Gasteiger partial charge in [-0.15, -0.1) is 0 Å². The smallest absolute Gasteiger partial charge is 0.292 e. The van der Waals surface area contributed by atoms with E-state index >= 15 is 0 Å². The zero-order chi connectivity index (χ0) is 24.9. The molecule has 11 nitrogen and oxygen atoms in total. The van der Waals surface area contributed by atoms with E-state index in [2.05, 4.69) is 15.8 Å². The Morgan fingerprint density at radius 3 is 2.24 bits per heavy atom. The van der Waals surface area contributed by atoms with Crippen LogP contribution in [0.2, 0.25) is 0 Å². The molecular formula is C23H23N5O6. The number of hydrazone groups is 1. The van der Waals surface area contributed by atoms with Crippen LogP contribution in [0, 0.1) is 36.5 Å². The molecule has 1 amide bonds. The third-order valence-electron chi connectivity index (χ3n) is 7.68. The van der Waals surface area contributed by atoms with Crippen molar-refractivity contribution in [3.8, 4) is 0 Å². The second-order valence-corrected chi connectivity index (χ2v) is 9.30. The Bertz CT molecular complexity index is 1250. The minimum atomic E-state index is -1.44. The highest BCUT2D eigenvalue weighted by Crippen LogP contribution is 2.69. The van der Waals surface area contributed by atoms with Gasteiger partial charge >= 0.3 is 0 Å². The standard InChI is InChI=1S/C23H23N5O6/c1-21(2)22(3)12-13-23(21,20(30)24-16-6-4-5-7-17(16)28(33)34)19(29)18(22)26-25-14-8-10-15(11-9-14)27(31)32/h4-11,25H,12-13H2,1-3H3,(H,24,30)/b26-18+. The SMILES string of the molecule is CC12CCC(C(=O)Nc3ccccc3[N+](=O)[O-])(C(=O)/C1=N\Nc1ccc([N+](=O)[O-])cc1)C2(C)C. The van der Waals surface area contributed by atoms with Gasteiger partial charge in [-0.3, -0.25) is 35.2 Å². The number of nitro groups is 2. The summed E-state index contributed by atoms with van der Waals surface area (Å²) >= 11 is 0. The fourth-order valence-corrected chi connectivity index (χ4v) is 5.22. The topological polar surface area (TPSA) is 157 Å². The molecule has 11 heteroatoms. The highest BCUT2D eigenvalue weighted by Gasteiger charge is 2.76. The van der Waals surface area contributed by atoms with Crippen molar-refractivity contribution in [1.29, 1.82) is 0 Å². The number of fused-ring (bicyclic) bond motifs is 2. The van der Waals surface area contributed by atoms with E-state index in [0.29, 0.717) is 18.5 Å². The lowest BCUT2D eigenvalue weighted by atomic mass is 9.64. The van der Waals surface area contributed by atoms with E-state index in [0.717, 1.165) is 0 Å². The largest absolute Gasteiger partial charge is 0.319 e. The molecule has 2 saturated carbocycles. The van der Waals surface area contributed by atoms with Gasteiger partial charge < -0.3 is 5.32 Å². The monoisotopic (exact) mass is 465 g/mol. The lowest BCUT2D eigenvalue weighted by Gasteiger charge is -2.37. The first-order valence-corrected chi connectivity index (χ1v) is 10.6. The number of carbonyl (C=O) groups is 2. The van der Waals surface area contributed by atoms with Gasteiger partial charge in [-0.05, 0) is 36.5 Å². The fraction of sp³-hybridized carbons (Fsp3) is 0.348. The molecule has 0 aliphatic heterocycles. The van der Waals surface area contributed by atoms with Crippen LogP contribution in [0.5, 0.6) is 0 Å². The van der Waals surface area contributed by atoms with Gasteiger partial charge in [0.05, 0.1) is 15.5 Å². The number of ketones is 1. The van der Waals surface area contributed by atoms with E-state index in [4.69, 9.17) is 0 Å². The molecule has 2 unspecified atom stereocenters. The lowest BCUT2D eigenvalue weighted by Crippen LogP contribution is -2.47. The number of anilines is 2. The molecule has 2 aliphatic rings. The maximum absolute atomic E-state index is 13.7. The Kier molecular flexibility index (Phi) is 5.23. The number of para-hydroxylation sites is 2. The second-order valence-electron chi connectivity index (χ2n) is 9.30. The summed E-state index contributed by atoms with van der Waals surface area (Å²) in [5.41, 5.74) is 0.150. The van der Waals surface area contributed by atoms with Gasteiger partial charge in [0.15, 0.2) is 5.78 Å². The average molecular weight is 465 g/mol. The number of nitro benzene ring substituents is 2. The Hall–Kier alpha value is -4.15. The molecule has 2 aromatic carbocycles. The molecule has 2 bridgehead atoms. The number of amides is 1. The molecule has 2 aromatic rings. The number of nitrogens with zero attached hydrogens (tertiary/aromatic N) is 3. The number of non-ortho nitro benzene ring substituents is 1.